The molecule has 0 atom stereocenters. The number of aryl methyl sites for hydroxylation is 1. The standard InChI is InChI=1S/C29H25ClN6/c1-18-27(21-6-8-24(30)9-7-21)35-28(34-18)22-10-12-36(13-11-22)29-25-14-23(15-26(25)32-17-33-29)20-4-2-19(16-31)3-5-20/h2-9,14,17,22H,10-13,15H2,1H3,(H,34,35). The highest BCUT2D eigenvalue weighted by molar-refractivity contribution is 6.30. The molecule has 6 rings (SSSR count). The molecule has 3 heterocycles. The molecule has 1 fully saturated rings. The molecule has 0 saturated carbocycles. The number of nitrogens with zero attached hydrogens (tertiary/aromatic N) is 5. The number of benzene rings is 2. The third-order valence-corrected chi connectivity index (χ3v) is 7.46. The number of anilines is 1. The second-order valence-corrected chi connectivity index (χ2v) is 9.89. The summed E-state index contributed by atoms with van der Waals surface area (Å²) in [6.07, 6.45) is 6.71. The number of hydrogen-bond acceptors (Lipinski definition) is 5. The van der Waals surface area contributed by atoms with Crippen LogP contribution in [-0.2, 0) is 6.42 Å². The molecule has 178 valence electrons. The Balaban J connectivity index is 1.19. The molecule has 4 aromatic rings. The van der Waals surface area contributed by atoms with E-state index in [0.717, 1.165) is 82.8 Å². The van der Waals surface area contributed by atoms with Crippen LogP contribution in [-0.4, -0.2) is 33.0 Å². The largest absolute Gasteiger partial charge is 0.356 e. The molecular formula is C29H25ClN6. The molecule has 1 aliphatic heterocycles. The quantitative estimate of drug-likeness (QED) is 0.368. The highest BCUT2D eigenvalue weighted by Crippen LogP contribution is 2.37. The molecule has 2 aromatic carbocycles. The Morgan fingerprint density at radius 1 is 1.00 bits per heavy atom. The first-order chi connectivity index (χ1) is 17.6. The van der Waals surface area contributed by atoms with Crippen LogP contribution >= 0.6 is 11.6 Å². The number of H-pyrrole nitrogens is 1. The summed E-state index contributed by atoms with van der Waals surface area (Å²) in [6, 6.07) is 17.8. The van der Waals surface area contributed by atoms with E-state index in [2.05, 4.69) is 38.9 Å². The third-order valence-electron chi connectivity index (χ3n) is 7.21. The van der Waals surface area contributed by atoms with E-state index in [1.807, 2.05) is 48.5 Å². The number of rotatable bonds is 4. The Labute approximate surface area is 215 Å². The van der Waals surface area contributed by atoms with E-state index in [0.29, 0.717) is 11.5 Å². The van der Waals surface area contributed by atoms with Gasteiger partial charge in [-0.3, -0.25) is 0 Å². The molecular weight excluding hydrogens is 468 g/mol. The second kappa shape index (κ2) is 9.25. The molecule has 7 heteroatoms. The number of piperidine rings is 1. The summed E-state index contributed by atoms with van der Waals surface area (Å²) in [4.78, 5) is 20.1. The zero-order valence-corrected chi connectivity index (χ0v) is 20.8. The Hall–Kier alpha value is -3.95. The molecule has 1 N–H and O–H groups in total. The van der Waals surface area contributed by atoms with Crippen molar-refractivity contribution in [1.82, 2.24) is 19.9 Å². The van der Waals surface area contributed by atoms with Gasteiger partial charge in [-0.1, -0.05) is 35.9 Å². The van der Waals surface area contributed by atoms with Gasteiger partial charge in [-0.2, -0.15) is 5.26 Å². The number of fused-ring (bicyclic) bond motifs is 1. The minimum absolute atomic E-state index is 0.389. The number of nitriles is 1. The number of aromatic nitrogens is 4. The Kier molecular flexibility index (Phi) is 5.79. The van der Waals surface area contributed by atoms with E-state index in [1.54, 1.807) is 6.33 Å². The highest BCUT2D eigenvalue weighted by Gasteiger charge is 2.28. The SMILES string of the molecule is Cc1[nH]c(C2CCN(c3ncnc4c3C=C(c3ccc(C#N)cc3)C4)CC2)nc1-c1ccc(Cl)cc1. The fourth-order valence-electron chi connectivity index (χ4n) is 5.24. The number of halogens is 1. The average molecular weight is 493 g/mol. The lowest BCUT2D eigenvalue weighted by Gasteiger charge is -2.32. The van der Waals surface area contributed by atoms with Gasteiger partial charge < -0.3 is 9.88 Å². The van der Waals surface area contributed by atoms with Crippen molar-refractivity contribution >= 4 is 29.1 Å². The Morgan fingerprint density at radius 3 is 2.44 bits per heavy atom. The lowest BCUT2D eigenvalue weighted by atomic mass is 9.96. The first-order valence-electron chi connectivity index (χ1n) is 12.2. The number of imidazole rings is 1. The van der Waals surface area contributed by atoms with Gasteiger partial charge >= 0.3 is 0 Å². The maximum Gasteiger partial charge on any atom is 0.139 e. The monoisotopic (exact) mass is 492 g/mol. The predicted molar refractivity (Wildman–Crippen MR) is 143 cm³/mol. The van der Waals surface area contributed by atoms with Crippen LogP contribution in [0, 0.1) is 18.3 Å². The summed E-state index contributed by atoms with van der Waals surface area (Å²) in [5, 5.41) is 9.82. The summed E-state index contributed by atoms with van der Waals surface area (Å²) in [7, 11) is 0. The lowest BCUT2D eigenvalue weighted by molar-refractivity contribution is 0.486. The minimum Gasteiger partial charge on any atom is -0.356 e. The molecule has 0 bridgehead atoms. The smallest absolute Gasteiger partial charge is 0.139 e. The minimum atomic E-state index is 0.389. The van der Waals surface area contributed by atoms with Gasteiger partial charge in [0.1, 0.15) is 18.0 Å². The van der Waals surface area contributed by atoms with Crippen molar-refractivity contribution in [2.24, 2.45) is 0 Å². The van der Waals surface area contributed by atoms with Crippen LogP contribution in [0.25, 0.3) is 22.9 Å². The maximum absolute atomic E-state index is 9.09. The van der Waals surface area contributed by atoms with Gasteiger partial charge in [0.2, 0.25) is 0 Å². The summed E-state index contributed by atoms with van der Waals surface area (Å²) < 4.78 is 0. The maximum atomic E-state index is 9.09. The highest BCUT2D eigenvalue weighted by atomic mass is 35.5. The van der Waals surface area contributed by atoms with Crippen LogP contribution in [0.15, 0.2) is 54.9 Å². The Bertz CT molecular complexity index is 1490. The van der Waals surface area contributed by atoms with E-state index >= 15 is 0 Å². The molecule has 36 heavy (non-hydrogen) atoms. The van der Waals surface area contributed by atoms with Gasteiger partial charge in [0.15, 0.2) is 0 Å². The van der Waals surface area contributed by atoms with E-state index in [1.165, 1.54) is 5.57 Å². The van der Waals surface area contributed by atoms with E-state index in [9.17, 15) is 0 Å². The van der Waals surface area contributed by atoms with Gasteiger partial charge in [-0.05, 0) is 61.2 Å². The van der Waals surface area contributed by atoms with E-state index in [4.69, 9.17) is 21.8 Å². The van der Waals surface area contributed by atoms with Crippen LogP contribution in [0.1, 0.15) is 52.7 Å². The first kappa shape index (κ1) is 22.5. The molecule has 0 spiro atoms. The van der Waals surface area contributed by atoms with Crippen molar-refractivity contribution in [3.8, 4) is 17.3 Å². The molecule has 2 aromatic heterocycles. The first-order valence-corrected chi connectivity index (χ1v) is 12.6. The normalized spacial score (nSPS) is 15.5. The summed E-state index contributed by atoms with van der Waals surface area (Å²) in [5.41, 5.74) is 8.36. The predicted octanol–water partition coefficient (Wildman–Crippen LogP) is 6.18. The zero-order valence-electron chi connectivity index (χ0n) is 20.0. The topological polar surface area (TPSA) is 81.5 Å². The van der Waals surface area contributed by atoms with Crippen LogP contribution in [0.4, 0.5) is 5.82 Å². The van der Waals surface area contributed by atoms with Gasteiger partial charge in [-0.15, -0.1) is 0 Å². The molecule has 6 nitrogen and oxygen atoms in total. The molecule has 1 aliphatic carbocycles. The van der Waals surface area contributed by atoms with Crippen molar-refractivity contribution < 1.29 is 0 Å². The van der Waals surface area contributed by atoms with Crippen molar-refractivity contribution in [1.29, 1.82) is 5.26 Å². The molecule has 0 unspecified atom stereocenters. The fourth-order valence-corrected chi connectivity index (χ4v) is 5.37. The summed E-state index contributed by atoms with van der Waals surface area (Å²) in [5.74, 6) is 2.47. The van der Waals surface area contributed by atoms with Gasteiger partial charge in [0.05, 0.1) is 23.0 Å². The number of allylic oxidation sites excluding steroid dienone is 1. The van der Waals surface area contributed by atoms with Gasteiger partial charge in [0, 0.05) is 47.3 Å². The molecule has 2 aliphatic rings. The lowest BCUT2D eigenvalue weighted by Crippen LogP contribution is -2.34. The molecule has 1 saturated heterocycles. The number of hydrogen-bond donors (Lipinski definition) is 1. The molecule has 0 radical (unpaired) electrons. The number of nitrogens with one attached hydrogen (secondary N) is 1. The average Bonchev–Trinajstić information content (AvgIpc) is 3.53. The fraction of sp³-hybridized carbons (Fsp3) is 0.241. The Morgan fingerprint density at radius 2 is 1.72 bits per heavy atom. The second-order valence-electron chi connectivity index (χ2n) is 9.46. The zero-order chi connectivity index (χ0) is 24.6. The third kappa shape index (κ3) is 4.16. The van der Waals surface area contributed by atoms with Gasteiger partial charge in [0.25, 0.3) is 0 Å². The van der Waals surface area contributed by atoms with Crippen LogP contribution in [0.3, 0.4) is 0 Å². The summed E-state index contributed by atoms with van der Waals surface area (Å²) >= 11 is 6.06. The van der Waals surface area contributed by atoms with Crippen molar-refractivity contribution in [3.63, 3.8) is 0 Å². The van der Waals surface area contributed by atoms with Crippen LogP contribution in [0.2, 0.25) is 5.02 Å². The van der Waals surface area contributed by atoms with E-state index < -0.39 is 0 Å². The van der Waals surface area contributed by atoms with Gasteiger partial charge in [-0.25, -0.2) is 15.0 Å². The van der Waals surface area contributed by atoms with Crippen molar-refractivity contribution in [2.75, 3.05) is 18.0 Å². The van der Waals surface area contributed by atoms with Crippen LogP contribution < -0.4 is 4.90 Å². The van der Waals surface area contributed by atoms with Crippen molar-refractivity contribution in [2.45, 2.75) is 32.1 Å². The summed E-state index contributed by atoms with van der Waals surface area (Å²) in [6.45, 7) is 3.92. The molecule has 0 amide bonds. The number of aromatic amines is 1. The van der Waals surface area contributed by atoms with E-state index in [-0.39, 0.29) is 0 Å². The van der Waals surface area contributed by atoms with Crippen molar-refractivity contribution in [3.05, 3.63) is 93.8 Å². The van der Waals surface area contributed by atoms with Crippen LogP contribution in [0.5, 0.6) is 0 Å².